The average molecular weight is 353 g/mol. The molecule has 0 bridgehead atoms. The number of nitrogens with two attached hydrogens (primary N) is 2. The lowest BCUT2D eigenvalue weighted by molar-refractivity contribution is 0.305. The summed E-state index contributed by atoms with van der Waals surface area (Å²) in [6.45, 7) is 0.0642. The van der Waals surface area contributed by atoms with Crippen LogP contribution in [-0.2, 0) is 6.61 Å². The Balaban J connectivity index is 2.02. The van der Waals surface area contributed by atoms with Crippen molar-refractivity contribution in [3.8, 4) is 23.1 Å². The lowest BCUT2D eigenvalue weighted by atomic mass is 10.1. The largest absolute Gasteiger partial charge is 0.488 e. The van der Waals surface area contributed by atoms with E-state index >= 15 is 0 Å². The highest BCUT2D eigenvalue weighted by Crippen LogP contribution is 2.34. The normalized spacial score (nSPS) is 10.3. The van der Waals surface area contributed by atoms with Gasteiger partial charge in [0.15, 0.2) is 0 Å². The maximum absolute atomic E-state index is 13.7. The summed E-state index contributed by atoms with van der Waals surface area (Å²) in [5.41, 5.74) is 12.5. The maximum Gasteiger partial charge on any atom is 0.222 e. The molecule has 3 aromatic rings. The fraction of sp³-hybridized carbons (Fsp3) is 0.0556. The third kappa shape index (κ3) is 3.52. The summed E-state index contributed by atoms with van der Waals surface area (Å²) in [6, 6.07) is 11.4. The zero-order valence-corrected chi connectivity index (χ0v) is 13.4. The molecule has 6 nitrogen and oxygen atoms in total. The van der Waals surface area contributed by atoms with Gasteiger partial charge >= 0.3 is 0 Å². The van der Waals surface area contributed by atoms with Gasteiger partial charge in [0.25, 0.3) is 0 Å². The third-order valence-corrected chi connectivity index (χ3v) is 3.57. The van der Waals surface area contributed by atoms with Gasteiger partial charge in [0.05, 0.1) is 5.69 Å². The van der Waals surface area contributed by atoms with E-state index in [0.717, 1.165) is 6.07 Å². The number of halogens is 2. The van der Waals surface area contributed by atoms with Crippen LogP contribution in [0.15, 0.2) is 42.5 Å². The summed E-state index contributed by atoms with van der Waals surface area (Å²) in [7, 11) is 0. The molecule has 130 valence electrons. The van der Waals surface area contributed by atoms with Crippen LogP contribution in [0.3, 0.4) is 0 Å². The first-order valence-corrected chi connectivity index (χ1v) is 7.48. The monoisotopic (exact) mass is 353 g/mol. The zero-order chi connectivity index (χ0) is 18.7. The molecule has 1 heterocycles. The van der Waals surface area contributed by atoms with Crippen molar-refractivity contribution in [2.24, 2.45) is 0 Å². The summed E-state index contributed by atoms with van der Waals surface area (Å²) in [5, 5.41) is 9.33. The van der Waals surface area contributed by atoms with Crippen LogP contribution < -0.4 is 16.2 Å². The van der Waals surface area contributed by atoms with Crippen molar-refractivity contribution in [1.82, 2.24) is 9.97 Å². The number of aromatic nitrogens is 2. The highest BCUT2D eigenvalue weighted by atomic mass is 19.1. The highest BCUT2D eigenvalue weighted by molar-refractivity contribution is 5.77. The van der Waals surface area contributed by atoms with E-state index in [2.05, 4.69) is 9.97 Å². The molecule has 26 heavy (non-hydrogen) atoms. The molecule has 0 amide bonds. The first kappa shape index (κ1) is 17.1. The lowest BCUT2D eigenvalue weighted by Gasteiger charge is -2.13. The number of hydrogen-bond donors (Lipinski definition) is 2. The number of hydrogen-bond acceptors (Lipinski definition) is 6. The summed E-state index contributed by atoms with van der Waals surface area (Å²) >= 11 is 0. The van der Waals surface area contributed by atoms with Crippen molar-refractivity contribution in [3.63, 3.8) is 0 Å². The fourth-order valence-corrected chi connectivity index (χ4v) is 2.35. The van der Waals surface area contributed by atoms with E-state index in [1.807, 2.05) is 6.07 Å². The quantitative estimate of drug-likeness (QED) is 0.746. The first-order valence-electron chi connectivity index (χ1n) is 7.48. The minimum absolute atomic E-state index is 0.0115. The van der Waals surface area contributed by atoms with Gasteiger partial charge < -0.3 is 16.2 Å². The van der Waals surface area contributed by atoms with E-state index in [-0.39, 0.29) is 41.2 Å². The fourth-order valence-electron chi connectivity index (χ4n) is 2.35. The number of rotatable bonds is 4. The number of nitrogens with zero attached hydrogens (tertiary/aromatic N) is 3. The van der Waals surface area contributed by atoms with Crippen molar-refractivity contribution in [3.05, 3.63) is 65.2 Å². The average Bonchev–Trinajstić information content (AvgIpc) is 2.61. The van der Waals surface area contributed by atoms with Gasteiger partial charge in [-0.3, -0.25) is 0 Å². The van der Waals surface area contributed by atoms with E-state index in [9.17, 15) is 14.0 Å². The molecule has 8 heteroatoms. The van der Waals surface area contributed by atoms with Gasteiger partial charge in [-0.05, 0) is 29.8 Å². The standard InChI is InChI=1S/C18H13F2N5O/c19-11-3-1-10(2-4-11)9-26-15-7-12(20)5-6-13(15)16-14(8-21)17(22)25-18(23)24-16/h1-7H,9H2,(H4,22,23,24,25). The van der Waals surface area contributed by atoms with Gasteiger partial charge in [-0.1, -0.05) is 12.1 Å². The van der Waals surface area contributed by atoms with Crippen molar-refractivity contribution in [2.75, 3.05) is 11.5 Å². The summed E-state index contributed by atoms with van der Waals surface area (Å²) in [4.78, 5) is 7.80. The second kappa shape index (κ2) is 7.03. The second-order valence-electron chi connectivity index (χ2n) is 5.36. The molecule has 0 aliphatic rings. The number of nitrogen functional groups attached to an aromatic ring is 2. The first-order chi connectivity index (χ1) is 12.5. The number of ether oxygens (including phenoxy) is 1. The molecule has 3 rings (SSSR count). The number of benzene rings is 2. The van der Waals surface area contributed by atoms with Crippen LogP contribution in [0.1, 0.15) is 11.1 Å². The van der Waals surface area contributed by atoms with Gasteiger partial charge in [-0.15, -0.1) is 0 Å². The molecule has 0 radical (unpaired) electrons. The summed E-state index contributed by atoms with van der Waals surface area (Å²) in [6.07, 6.45) is 0. The molecule has 0 saturated carbocycles. The molecule has 0 unspecified atom stereocenters. The molecule has 4 N–H and O–H groups in total. The Morgan fingerprint density at radius 1 is 1.00 bits per heavy atom. The van der Waals surface area contributed by atoms with E-state index in [1.165, 1.54) is 24.3 Å². The van der Waals surface area contributed by atoms with Crippen LogP contribution >= 0.6 is 0 Å². The Labute approximate surface area is 147 Å². The molecule has 0 fully saturated rings. The second-order valence-corrected chi connectivity index (χ2v) is 5.36. The molecule has 0 spiro atoms. The molecule has 1 aromatic heterocycles. The van der Waals surface area contributed by atoms with Crippen molar-refractivity contribution >= 4 is 11.8 Å². The smallest absolute Gasteiger partial charge is 0.222 e. The van der Waals surface area contributed by atoms with Crippen LogP contribution in [0, 0.1) is 23.0 Å². The van der Waals surface area contributed by atoms with Crippen LogP contribution in [0.5, 0.6) is 5.75 Å². The highest BCUT2D eigenvalue weighted by Gasteiger charge is 2.18. The molecular formula is C18H13F2N5O. The molecule has 0 aliphatic carbocycles. The lowest BCUT2D eigenvalue weighted by Crippen LogP contribution is -2.06. The molecule has 0 aliphatic heterocycles. The number of anilines is 2. The van der Waals surface area contributed by atoms with E-state index in [1.54, 1.807) is 12.1 Å². The van der Waals surface area contributed by atoms with Gasteiger partial charge in [-0.2, -0.15) is 10.2 Å². The summed E-state index contributed by atoms with van der Waals surface area (Å²) < 4.78 is 32.4. The van der Waals surface area contributed by atoms with Crippen LogP contribution in [0.2, 0.25) is 0 Å². The Hall–Kier alpha value is -3.73. The molecule has 2 aromatic carbocycles. The van der Waals surface area contributed by atoms with E-state index in [0.29, 0.717) is 11.1 Å². The van der Waals surface area contributed by atoms with Crippen LogP contribution in [-0.4, -0.2) is 9.97 Å². The zero-order valence-electron chi connectivity index (χ0n) is 13.4. The van der Waals surface area contributed by atoms with Gasteiger partial charge in [0, 0.05) is 11.6 Å². The third-order valence-electron chi connectivity index (χ3n) is 3.57. The van der Waals surface area contributed by atoms with Gasteiger partial charge in [0.2, 0.25) is 5.95 Å². The molecule has 0 saturated heterocycles. The van der Waals surface area contributed by atoms with E-state index in [4.69, 9.17) is 16.2 Å². The van der Waals surface area contributed by atoms with Crippen LogP contribution in [0.25, 0.3) is 11.3 Å². The number of nitriles is 1. The predicted molar refractivity (Wildman–Crippen MR) is 91.7 cm³/mol. The molecular weight excluding hydrogens is 340 g/mol. The van der Waals surface area contributed by atoms with Crippen molar-refractivity contribution in [1.29, 1.82) is 5.26 Å². The van der Waals surface area contributed by atoms with E-state index < -0.39 is 5.82 Å². The Bertz CT molecular complexity index is 1000. The van der Waals surface area contributed by atoms with Crippen molar-refractivity contribution in [2.45, 2.75) is 6.61 Å². The van der Waals surface area contributed by atoms with Gasteiger partial charge in [0.1, 0.15) is 41.4 Å². The van der Waals surface area contributed by atoms with Crippen molar-refractivity contribution < 1.29 is 13.5 Å². The van der Waals surface area contributed by atoms with Gasteiger partial charge in [-0.25, -0.2) is 13.8 Å². The maximum atomic E-state index is 13.7. The topological polar surface area (TPSA) is 111 Å². The Kier molecular flexibility index (Phi) is 4.62. The minimum Gasteiger partial charge on any atom is -0.488 e. The SMILES string of the molecule is N#Cc1c(N)nc(N)nc1-c1ccc(F)cc1OCc1ccc(F)cc1. The summed E-state index contributed by atoms with van der Waals surface area (Å²) in [5.74, 6) is -0.959. The Morgan fingerprint density at radius 2 is 1.69 bits per heavy atom. The predicted octanol–water partition coefficient (Wildman–Crippen LogP) is 3.04. The minimum atomic E-state index is -0.531. The molecule has 0 atom stereocenters. The Morgan fingerprint density at radius 3 is 2.38 bits per heavy atom. The van der Waals surface area contributed by atoms with Crippen LogP contribution in [0.4, 0.5) is 20.5 Å².